The minimum Gasteiger partial charge on any atom is -0.289 e. The van der Waals surface area contributed by atoms with Crippen LogP contribution in [0.4, 0.5) is 8.78 Å². The molecule has 0 saturated carbocycles. The topological polar surface area (TPSA) is 0 Å². The molecule has 2 heteroatoms. The Morgan fingerprint density at radius 2 is 2.17 bits per heavy atom. The molecule has 0 spiro atoms. The fraction of sp³-hybridized carbons (Fsp3) is 0.250. The first-order valence-corrected chi connectivity index (χ1v) is 1.48. The minimum atomic E-state index is -1.77. The molecule has 0 heterocycles. The fourth-order valence-electron chi connectivity index (χ4n) is 0.0945. The van der Waals surface area contributed by atoms with E-state index in [4.69, 9.17) is 0 Å². The van der Waals surface area contributed by atoms with Gasteiger partial charge in [-0.05, 0) is 0 Å². The summed E-state index contributed by atoms with van der Waals surface area (Å²) in [6, 6.07) is 0. The zero-order chi connectivity index (χ0) is 4.99. The smallest absolute Gasteiger partial charge is 0.289 e. The lowest BCUT2D eigenvalue weighted by Gasteiger charge is -1.58. The zero-order valence-electron chi connectivity index (χ0n) is 3.17. The summed E-state index contributed by atoms with van der Waals surface area (Å²) in [4.78, 5) is 0. The second-order valence-electron chi connectivity index (χ2n) is 0.687. The molecule has 0 aliphatic heterocycles. The van der Waals surface area contributed by atoms with E-state index in [-0.39, 0.29) is 6.42 Å². The molecule has 0 aromatic heterocycles. The van der Waals surface area contributed by atoms with Crippen molar-refractivity contribution in [1.29, 1.82) is 0 Å². The summed E-state index contributed by atoms with van der Waals surface area (Å²) in [5.74, 6) is 0. The molecule has 0 radical (unpaired) electrons. The molecular formula is C4H4F2. The predicted molar refractivity (Wildman–Crippen MR) is 18.9 cm³/mol. The van der Waals surface area contributed by atoms with Crippen LogP contribution in [0.3, 0.4) is 0 Å². The van der Waals surface area contributed by atoms with Crippen LogP contribution in [0.2, 0.25) is 0 Å². The normalized spacial score (nSPS) is 7.17. The van der Waals surface area contributed by atoms with Crippen molar-refractivity contribution in [3.05, 3.63) is 19.1 Å². The van der Waals surface area contributed by atoms with Crippen molar-refractivity contribution in [3.63, 3.8) is 0 Å². The monoisotopic (exact) mass is 90.0 g/mol. The van der Waals surface area contributed by atoms with E-state index in [2.05, 4.69) is 6.92 Å². The van der Waals surface area contributed by atoms with Gasteiger partial charge in [-0.2, -0.15) is 0 Å². The predicted octanol–water partition coefficient (Wildman–Crippen LogP) is 1.79. The summed E-state index contributed by atoms with van der Waals surface area (Å²) in [5, 5.41) is 0. The zero-order valence-corrected chi connectivity index (χ0v) is 3.17. The molecule has 0 aromatic rings. The first-order valence-electron chi connectivity index (χ1n) is 1.48. The number of halogens is 2. The quantitative estimate of drug-likeness (QED) is 0.430. The van der Waals surface area contributed by atoms with E-state index in [1.165, 1.54) is 0 Å². The van der Waals surface area contributed by atoms with Crippen molar-refractivity contribution in [2.75, 3.05) is 0 Å². The minimum absolute atomic E-state index is 0.0440. The maximum absolute atomic E-state index is 10.8. The van der Waals surface area contributed by atoms with Crippen LogP contribution < -0.4 is 0 Å². The standard InChI is InChI=1S/C4H4F2/c1-2-3-4(5)6/h1-2H2. The number of hydrogen-bond acceptors (Lipinski definition) is 0. The second kappa shape index (κ2) is 2.73. The molecule has 0 aliphatic carbocycles. The van der Waals surface area contributed by atoms with E-state index < -0.39 is 6.08 Å². The summed E-state index contributed by atoms with van der Waals surface area (Å²) in [7, 11) is 0. The molecule has 0 bridgehead atoms. The van der Waals surface area contributed by atoms with Crippen LogP contribution in [0.15, 0.2) is 6.08 Å². The van der Waals surface area contributed by atoms with Crippen LogP contribution in [-0.4, -0.2) is 0 Å². The maximum Gasteiger partial charge on any atom is 0.517 e. The Morgan fingerprint density at radius 3 is 2.17 bits per heavy atom. The van der Waals surface area contributed by atoms with Crippen molar-refractivity contribution >= 4 is 0 Å². The molecule has 0 unspecified atom stereocenters. The van der Waals surface area contributed by atoms with Crippen LogP contribution in [0.1, 0.15) is 6.42 Å². The summed E-state index contributed by atoms with van der Waals surface area (Å²) < 4.78 is 21.6. The van der Waals surface area contributed by atoms with Gasteiger partial charge in [-0.1, -0.05) is 0 Å². The fourth-order valence-corrected chi connectivity index (χ4v) is 0.0945. The Bertz CT molecular complexity index is 52.6. The van der Waals surface area contributed by atoms with Gasteiger partial charge in [-0.25, -0.2) is 0 Å². The molecule has 0 saturated heterocycles. The lowest BCUT2D eigenvalue weighted by Crippen LogP contribution is -1.55. The average Bonchev–Trinajstić information content (AvgIpc) is 1.35. The Morgan fingerprint density at radius 1 is 1.67 bits per heavy atom. The van der Waals surface area contributed by atoms with Crippen molar-refractivity contribution < 1.29 is 8.78 Å². The van der Waals surface area contributed by atoms with Gasteiger partial charge in [0.05, 0.1) is 6.42 Å². The van der Waals surface area contributed by atoms with Crippen LogP contribution >= 0.6 is 0 Å². The largest absolute Gasteiger partial charge is 0.517 e. The number of rotatable bonds is 1. The Hall–Kier alpha value is -0.490. The molecule has 6 heavy (non-hydrogen) atoms. The second-order valence-corrected chi connectivity index (χ2v) is 0.687. The molecule has 34 valence electrons. The molecule has 0 fully saturated rings. The Kier molecular flexibility index (Phi) is 2.51. The summed E-state index contributed by atoms with van der Waals surface area (Å²) >= 11 is 0. The van der Waals surface area contributed by atoms with Gasteiger partial charge in [0.1, 0.15) is 0 Å². The molecule has 0 amide bonds. The van der Waals surface area contributed by atoms with E-state index >= 15 is 0 Å². The SMILES string of the molecule is [CH2-]C[C+]=C(F)F. The third-order valence-electron chi connectivity index (χ3n) is 0.259. The lowest BCUT2D eigenvalue weighted by atomic mass is 10.5. The van der Waals surface area contributed by atoms with Crippen molar-refractivity contribution in [2.45, 2.75) is 6.42 Å². The van der Waals surface area contributed by atoms with Crippen molar-refractivity contribution in [3.8, 4) is 0 Å². The highest BCUT2D eigenvalue weighted by Crippen LogP contribution is 1.94. The number of hydrogen-bond donors (Lipinski definition) is 0. The van der Waals surface area contributed by atoms with Crippen LogP contribution in [-0.2, 0) is 0 Å². The van der Waals surface area contributed by atoms with Gasteiger partial charge in [0.2, 0.25) is 0 Å². The van der Waals surface area contributed by atoms with E-state index in [9.17, 15) is 8.78 Å². The summed E-state index contributed by atoms with van der Waals surface area (Å²) in [6.45, 7) is 3.11. The maximum atomic E-state index is 10.8. The van der Waals surface area contributed by atoms with Gasteiger partial charge in [0.25, 0.3) is 6.08 Å². The summed E-state index contributed by atoms with van der Waals surface area (Å²) in [6.07, 6.45) is -0.0486. The third-order valence-corrected chi connectivity index (χ3v) is 0.259. The third kappa shape index (κ3) is 3.51. The average molecular weight is 90.1 g/mol. The highest BCUT2D eigenvalue weighted by molar-refractivity contribution is 4.70. The van der Waals surface area contributed by atoms with Gasteiger partial charge in [0, 0.05) is 0 Å². The lowest BCUT2D eigenvalue weighted by molar-refractivity contribution is 0.414. The van der Waals surface area contributed by atoms with Gasteiger partial charge in [-0.15, -0.1) is 8.78 Å². The first kappa shape index (κ1) is 5.51. The first-order chi connectivity index (χ1) is 2.77. The molecule has 0 atom stereocenters. The van der Waals surface area contributed by atoms with Crippen molar-refractivity contribution in [2.24, 2.45) is 0 Å². The van der Waals surface area contributed by atoms with E-state index in [0.29, 0.717) is 0 Å². The van der Waals surface area contributed by atoms with Crippen molar-refractivity contribution in [1.82, 2.24) is 0 Å². The van der Waals surface area contributed by atoms with Gasteiger partial charge < -0.3 is 0 Å². The Labute approximate surface area is 35.5 Å². The van der Waals surface area contributed by atoms with Crippen LogP contribution in [0, 0.1) is 13.0 Å². The molecule has 0 nitrogen and oxygen atoms in total. The van der Waals surface area contributed by atoms with E-state index in [1.54, 1.807) is 6.08 Å². The van der Waals surface area contributed by atoms with E-state index in [0.717, 1.165) is 0 Å². The van der Waals surface area contributed by atoms with E-state index in [1.807, 2.05) is 0 Å². The highest BCUT2D eigenvalue weighted by Gasteiger charge is 1.97. The molecule has 0 N–H and O–H groups in total. The summed E-state index contributed by atoms with van der Waals surface area (Å²) in [5.41, 5.74) is 0. The molecular weight excluding hydrogens is 86.0 g/mol. The molecule has 0 aliphatic rings. The highest BCUT2D eigenvalue weighted by atomic mass is 19.3. The molecule has 0 aromatic carbocycles. The Balaban J connectivity index is 3.14. The molecule has 0 rings (SSSR count). The number of allylic oxidation sites excluding steroid dienone is 1. The van der Waals surface area contributed by atoms with Crippen LogP contribution in [0.5, 0.6) is 0 Å². The van der Waals surface area contributed by atoms with Gasteiger partial charge in [0.15, 0.2) is 0 Å². The van der Waals surface area contributed by atoms with Gasteiger partial charge in [-0.3, -0.25) is 6.92 Å². The van der Waals surface area contributed by atoms with Gasteiger partial charge >= 0.3 is 6.08 Å². The van der Waals surface area contributed by atoms with Crippen LogP contribution in [0.25, 0.3) is 0 Å².